The molecule has 3 rings (SSSR count). The van der Waals surface area contributed by atoms with Gasteiger partial charge in [0.1, 0.15) is 11.9 Å². The van der Waals surface area contributed by atoms with E-state index in [0.717, 1.165) is 16.3 Å². The fourth-order valence-corrected chi connectivity index (χ4v) is 3.41. The molecule has 1 amide bonds. The maximum absolute atomic E-state index is 13.3. The van der Waals surface area contributed by atoms with E-state index >= 15 is 0 Å². The number of amides is 1. The average molecular weight is 398 g/mol. The Bertz CT molecular complexity index is 841. The number of hydrogen-bond donors (Lipinski definition) is 0. The number of benzene rings is 1. The lowest BCUT2D eigenvalue weighted by Crippen LogP contribution is -2.50. The van der Waals surface area contributed by atoms with Crippen molar-refractivity contribution in [1.29, 1.82) is 0 Å². The molecule has 1 atom stereocenters. The van der Waals surface area contributed by atoms with Crippen LogP contribution >= 0.6 is 0 Å². The highest BCUT2D eigenvalue weighted by Crippen LogP contribution is 2.29. The second kappa shape index (κ2) is 7.90. The van der Waals surface area contributed by atoms with Crippen LogP contribution in [0.5, 0.6) is 0 Å². The fraction of sp³-hybridized carbons (Fsp3) is 0.474. The number of rotatable bonds is 4. The van der Waals surface area contributed by atoms with Crippen LogP contribution in [0.15, 0.2) is 30.3 Å². The van der Waals surface area contributed by atoms with Crippen molar-refractivity contribution in [1.82, 2.24) is 19.6 Å². The highest BCUT2D eigenvalue weighted by atomic mass is 19.4. The number of aromatic nitrogens is 2. The summed E-state index contributed by atoms with van der Waals surface area (Å²) in [6.07, 6.45) is -4.54. The van der Waals surface area contributed by atoms with E-state index in [-0.39, 0.29) is 17.4 Å². The number of hydrogen-bond acceptors (Lipinski definition) is 3. The summed E-state index contributed by atoms with van der Waals surface area (Å²) in [7, 11) is 0. The van der Waals surface area contributed by atoms with Crippen LogP contribution in [0.2, 0.25) is 0 Å². The summed E-state index contributed by atoms with van der Waals surface area (Å²) >= 11 is 0. The molecule has 1 aromatic carbocycles. The summed E-state index contributed by atoms with van der Waals surface area (Å²) in [6.45, 7) is 5.80. The fourth-order valence-electron chi connectivity index (χ4n) is 3.41. The van der Waals surface area contributed by atoms with Gasteiger partial charge in [-0.05, 0) is 37.6 Å². The van der Waals surface area contributed by atoms with E-state index in [0.29, 0.717) is 32.7 Å². The maximum Gasteiger partial charge on any atom is 0.435 e. The van der Waals surface area contributed by atoms with Gasteiger partial charge >= 0.3 is 6.18 Å². The Balaban J connectivity index is 1.59. The zero-order valence-corrected chi connectivity index (χ0v) is 15.7. The maximum atomic E-state index is 13.3. The van der Waals surface area contributed by atoms with E-state index in [1.165, 1.54) is 19.1 Å². The molecule has 1 unspecified atom stereocenters. The van der Waals surface area contributed by atoms with Gasteiger partial charge in [0.05, 0.1) is 0 Å². The van der Waals surface area contributed by atoms with Crippen molar-refractivity contribution in [3.8, 4) is 0 Å². The zero-order valence-electron chi connectivity index (χ0n) is 15.7. The molecule has 0 spiro atoms. The first-order chi connectivity index (χ1) is 13.1. The first-order valence-corrected chi connectivity index (χ1v) is 9.04. The largest absolute Gasteiger partial charge is 0.435 e. The molecule has 9 heteroatoms. The number of carbonyl (C=O) groups is 1. The van der Waals surface area contributed by atoms with Crippen molar-refractivity contribution in [3.05, 3.63) is 53.1 Å². The molecular weight excluding hydrogens is 376 g/mol. The van der Waals surface area contributed by atoms with Crippen LogP contribution in [0.25, 0.3) is 0 Å². The van der Waals surface area contributed by atoms with Crippen LogP contribution in [0.1, 0.15) is 29.9 Å². The number of aryl methyl sites for hydroxylation is 1. The van der Waals surface area contributed by atoms with E-state index in [1.54, 1.807) is 17.9 Å². The Morgan fingerprint density at radius 3 is 2.43 bits per heavy atom. The number of carbonyl (C=O) groups excluding carboxylic acids is 1. The summed E-state index contributed by atoms with van der Waals surface area (Å²) in [5, 5.41) is 3.57. The molecule has 0 saturated carbocycles. The quantitative estimate of drug-likeness (QED) is 0.743. The van der Waals surface area contributed by atoms with Crippen LogP contribution in [0.3, 0.4) is 0 Å². The van der Waals surface area contributed by atoms with Crippen LogP contribution in [0, 0.1) is 12.7 Å². The van der Waals surface area contributed by atoms with Crippen LogP contribution < -0.4 is 0 Å². The van der Waals surface area contributed by atoms with Crippen molar-refractivity contribution < 1.29 is 22.4 Å². The smallest absolute Gasteiger partial charge is 0.338 e. The summed E-state index contributed by atoms with van der Waals surface area (Å²) in [4.78, 5) is 16.5. The summed E-state index contributed by atoms with van der Waals surface area (Å²) in [5.74, 6) is -0.543. The molecule has 2 heterocycles. The molecule has 28 heavy (non-hydrogen) atoms. The Kier molecular flexibility index (Phi) is 5.74. The van der Waals surface area contributed by atoms with E-state index in [1.807, 2.05) is 6.07 Å². The van der Waals surface area contributed by atoms with Gasteiger partial charge in [-0.15, -0.1) is 0 Å². The van der Waals surface area contributed by atoms with E-state index in [9.17, 15) is 22.4 Å². The molecule has 1 fully saturated rings. The molecule has 0 radical (unpaired) electrons. The van der Waals surface area contributed by atoms with Gasteiger partial charge in [-0.1, -0.05) is 12.1 Å². The van der Waals surface area contributed by atoms with Crippen molar-refractivity contribution in [3.63, 3.8) is 0 Å². The number of nitrogens with zero attached hydrogens (tertiary/aromatic N) is 4. The lowest BCUT2D eigenvalue weighted by atomic mass is 10.2. The first-order valence-electron chi connectivity index (χ1n) is 9.04. The standard InChI is InChI=1S/C19H22F4N4O/c1-13-10-17(19(21,22)23)24-27(13)14(2)18(28)26-8-6-25(7-9-26)12-15-4-3-5-16(20)11-15/h3-5,10-11,14H,6-9,12H2,1-2H3. The Morgan fingerprint density at radius 2 is 1.86 bits per heavy atom. The molecule has 1 aliphatic heterocycles. The van der Waals surface area contributed by atoms with Gasteiger partial charge in [0.2, 0.25) is 5.91 Å². The van der Waals surface area contributed by atoms with Crippen LogP contribution in [0.4, 0.5) is 17.6 Å². The minimum atomic E-state index is -4.54. The topological polar surface area (TPSA) is 41.4 Å². The van der Waals surface area contributed by atoms with Crippen molar-refractivity contribution in [2.45, 2.75) is 32.6 Å². The average Bonchev–Trinajstić information content (AvgIpc) is 3.03. The van der Waals surface area contributed by atoms with E-state index < -0.39 is 17.9 Å². The van der Waals surface area contributed by atoms with Gasteiger partial charge in [0, 0.05) is 38.4 Å². The van der Waals surface area contributed by atoms with Gasteiger partial charge in [-0.3, -0.25) is 14.4 Å². The predicted molar refractivity (Wildman–Crippen MR) is 94.9 cm³/mol. The lowest BCUT2D eigenvalue weighted by molar-refractivity contribution is -0.143. The van der Waals surface area contributed by atoms with E-state index in [4.69, 9.17) is 0 Å². The lowest BCUT2D eigenvalue weighted by Gasteiger charge is -2.36. The number of halogens is 4. The van der Waals surface area contributed by atoms with Crippen LogP contribution in [-0.4, -0.2) is 51.7 Å². The van der Waals surface area contributed by atoms with Gasteiger partial charge in [0.25, 0.3) is 0 Å². The van der Waals surface area contributed by atoms with Crippen molar-refractivity contribution >= 4 is 5.91 Å². The second-order valence-electron chi connectivity index (χ2n) is 7.02. The predicted octanol–water partition coefficient (Wildman–Crippen LogP) is 3.25. The molecule has 5 nitrogen and oxygen atoms in total. The third kappa shape index (κ3) is 4.52. The highest BCUT2D eigenvalue weighted by Gasteiger charge is 2.36. The van der Waals surface area contributed by atoms with Gasteiger partial charge in [-0.2, -0.15) is 18.3 Å². The second-order valence-corrected chi connectivity index (χ2v) is 7.02. The van der Waals surface area contributed by atoms with Gasteiger partial charge in [-0.25, -0.2) is 4.39 Å². The molecule has 1 aromatic heterocycles. The summed E-state index contributed by atoms with van der Waals surface area (Å²) in [5.41, 5.74) is 0.155. The molecule has 2 aromatic rings. The molecule has 1 saturated heterocycles. The Hall–Kier alpha value is -2.42. The Labute approximate surface area is 160 Å². The highest BCUT2D eigenvalue weighted by molar-refractivity contribution is 5.80. The number of piperazine rings is 1. The van der Waals surface area contributed by atoms with Crippen molar-refractivity contribution in [2.24, 2.45) is 0 Å². The molecule has 0 N–H and O–H groups in total. The first kappa shape index (κ1) is 20.3. The monoisotopic (exact) mass is 398 g/mol. The molecule has 0 bridgehead atoms. The van der Waals surface area contributed by atoms with Gasteiger partial charge < -0.3 is 4.90 Å². The number of alkyl halides is 3. The third-order valence-electron chi connectivity index (χ3n) is 4.92. The minimum absolute atomic E-state index is 0.259. The SMILES string of the molecule is Cc1cc(C(F)(F)F)nn1C(C)C(=O)N1CCN(Cc2cccc(F)c2)CC1. The van der Waals surface area contributed by atoms with E-state index in [2.05, 4.69) is 10.00 Å². The summed E-state index contributed by atoms with van der Waals surface area (Å²) in [6, 6.07) is 6.52. The summed E-state index contributed by atoms with van der Waals surface area (Å²) < 4.78 is 53.0. The third-order valence-corrected chi connectivity index (χ3v) is 4.92. The van der Waals surface area contributed by atoms with Gasteiger partial charge in [0.15, 0.2) is 5.69 Å². The normalized spacial score (nSPS) is 17.0. The zero-order chi connectivity index (χ0) is 20.5. The molecular formula is C19H22F4N4O. The molecule has 0 aliphatic carbocycles. The Morgan fingerprint density at radius 1 is 1.18 bits per heavy atom. The van der Waals surface area contributed by atoms with Crippen LogP contribution in [-0.2, 0) is 17.5 Å². The van der Waals surface area contributed by atoms with Crippen molar-refractivity contribution in [2.75, 3.05) is 26.2 Å². The molecule has 1 aliphatic rings. The minimum Gasteiger partial charge on any atom is -0.338 e. The molecule has 152 valence electrons.